The average Bonchev–Trinajstić information content (AvgIpc) is 3.96. The van der Waals surface area contributed by atoms with E-state index in [4.69, 9.17) is 28.4 Å². The SMILES string of the molecule is C1=C(COCCOc2ccc(C34CC5CC(CC(C5)C3)C4)c3c(OCCOCC4=CO4)c(C45CC6CC(CC(C6)C4)C5)ccc23)O1. The van der Waals surface area contributed by atoms with Crippen LogP contribution in [0.5, 0.6) is 11.5 Å². The minimum atomic E-state index is 0.231. The van der Waals surface area contributed by atoms with Crippen LogP contribution in [0, 0.1) is 35.5 Å². The minimum absolute atomic E-state index is 0.231. The van der Waals surface area contributed by atoms with Crippen molar-refractivity contribution in [2.45, 2.75) is 87.9 Å². The molecule has 0 radical (unpaired) electrons. The molecule has 8 saturated carbocycles. The predicted molar refractivity (Wildman–Crippen MR) is 175 cm³/mol. The van der Waals surface area contributed by atoms with E-state index in [0.717, 1.165) is 58.5 Å². The van der Waals surface area contributed by atoms with Crippen LogP contribution in [-0.2, 0) is 29.8 Å². The minimum Gasteiger partial charge on any atom is -0.491 e. The van der Waals surface area contributed by atoms with Gasteiger partial charge in [-0.25, -0.2) is 0 Å². The Morgan fingerprint density at radius 1 is 0.543 bits per heavy atom. The zero-order valence-corrected chi connectivity index (χ0v) is 27.1. The summed E-state index contributed by atoms with van der Waals surface area (Å²) >= 11 is 0. The molecule has 244 valence electrons. The Kier molecular flexibility index (Phi) is 6.72. The maximum absolute atomic E-state index is 7.09. The van der Waals surface area contributed by atoms with Gasteiger partial charge in [-0.2, -0.15) is 0 Å². The fourth-order valence-electron chi connectivity index (χ4n) is 12.4. The molecule has 0 unspecified atom stereocenters. The highest BCUT2D eigenvalue weighted by atomic mass is 16.6. The van der Waals surface area contributed by atoms with Crippen LogP contribution in [0.1, 0.15) is 88.2 Å². The van der Waals surface area contributed by atoms with Gasteiger partial charge in [0.25, 0.3) is 0 Å². The second-order valence-electron chi connectivity index (χ2n) is 16.6. The number of ether oxygens (including phenoxy) is 6. The quantitative estimate of drug-likeness (QED) is 0.197. The lowest BCUT2D eigenvalue weighted by atomic mass is 9.47. The van der Waals surface area contributed by atoms with E-state index >= 15 is 0 Å². The lowest BCUT2D eigenvalue weighted by molar-refractivity contribution is -0.00705. The zero-order valence-electron chi connectivity index (χ0n) is 27.1. The van der Waals surface area contributed by atoms with Crippen LogP contribution in [0.3, 0.4) is 0 Å². The molecule has 6 nitrogen and oxygen atoms in total. The van der Waals surface area contributed by atoms with E-state index in [-0.39, 0.29) is 10.8 Å². The Hall–Kier alpha value is -2.70. The van der Waals surface area contributed by atoms with Crippen LogP contribution in [0.15, 0.2) is 48.3 Å². The number of hydrogen-bond donors (Lipinski definition) is 0. The molecule has 8 bridgehead atoms. The molecular weight excluding hydrogens is 576 g/mol. The van der Waals surface area contributed by atoms with E-state index < -0.39 is 0 Å². The molecule has 0 spiro atoms. The summed E-state index contributed by atoms with van der Waals surface area (Å²) in [7, 11) is 0. The van der Waals surface area contributed by atoms with Crippen LogP contribution in [-0.4, -0.2) is 39.6 Å². The summed E-state index contributed by atoms with van der Waals surface area (Å²) in [5, 5.41) is 2.56. The Bertz CT molecular complexity index is 1520. The molecule has 12 rings (SSSR count). The molecule has 2 aliphatic heterocycles. The molecule has 0 aromatic heterocycles. The van der Waals surface area contributed by atoms with Crippen molar-refractivity contribution in [1.29, 1.82) is 0 Å². The monoisotopic (exact) mass is 624 g/mol. The average molecular weight is 625 g/mol. The van der Waals surface area contributed by atoms with Gasteiger partial charge in [0.2, 0.25) is 0 Å². The summed E-state index contributed by atoms with van der Waals surface area (Å²) in [5.41, 5.74) is 3.50. The molecule has 0 amide bonds. The fraction of sp³-hybridized carbons (Fsp3) is 0.650. The smallest absolute Gasteiger partial charge is 0.164 e. The van der Waals surface area contributed by atoms with Crippen molar-refractivity contribution in [1.82, 2.24) is 0 Å². The van der Waals surface area contributed by atoms with Gasteiger partial charge in [0, 0.05) is 16.3 Å². The van der Waals surface area contributed by atoms with Crippen molar-refractivity contribution in [2.75, 3.05) is 39.6 Å². The highest BCUT2D eigenvalue weighted by Gasteiger charge is 2.54. The largest absolute Gasteiger partial charge is 0.491 e. The zero-order chi connectivity index (χ0) is 30.3. The Morgan fingerprint density at radius 2 is 1.00 bits per heavy atom. The van der Waals surface area contributed by atoms with Gasteiger partial charge in [0.1, 0.15) is 50.5 Å². The summed E-state index contributed by atoms with van der Waals surface area (Å²) in [6.45, 7) is 3.19. The topological polar surface area (TPSA) is 62.0 Å². The van der Waals surface area contributed by atoms with Gasteiger partial charge in [0.15, 0.2) is 11.5 Å². The molecule has 0 N–H and O–H groups in total. The van der Waals surface area contributed by atoms with E-state index in [0.29, 0.717) is 39.6 Å². The molecule has 46 heavy (non-hydrogen) atoms. The molecule has 0 saturated heterocycles. The summed E-state index contributed by atoms with van der Waals surface area (Å²) < 4.78 is 35.7. The molecule has 10 aliphatic rings. The van der Waals surface area contributed by atoms with Gasteiger partial charge < -0.3 is 28.4 Å². The first kappa shape index (κ1) is 28.3. The molecule has 8 aliphatic carbocycles. The normalized spacial score (nSPS) is 37.1. The fourth-order valence-corrected chi connectivity index (χ4v) is 12.4. The third-order valence-corrected chi connectivity index (χ3v) is 13.3. The van der Waals surface area contributed by atoms with E-state index in [9.17, 15) is 0 Å². The highest BCUT2D eigenvalue weighted by Crippen LogP contribution is 2.65. The second kappa shape index (κ2) is 10.9. The molecule has 2 heterocycles. The standard InChI is InChI=1S/C40H48O6/c1-2-35(40-18-28-12-29(19-40)14-30(13-28)20-40)38(44-8-6-42-22-32-24-46-32)37-33(1)36(43-7-5-41-21-31-23-45-31)4-3-34(37)39-15-25-9-26(16-39)11-27(10-25)17-39/h1-4,23-30H,5-22H2. The van der Waals surface area contributed by atoms with Crippen molar-refractivity contribution < 1.29 is 28.4 Å². The summed E-state index contributed by atoms with van der Waals surface area (Å²) in [4.78, 5) is 0. The maximum Gasteiger partial charge on any atom is 0.164 e. The van der Waals surface area contributed by atoms with Crippen LogP contribution in [0.25, 0.3) is 10.8 Å². The van der Waals surface area contributed by atoms with Crippen molar-refractivity contribution in [3.8, 4) is 11.5 Å². The molecular formula is C40H48O6. The van der Waals surface area contributed by atoms with Gasteiger partial charge in [-0.15, -0.1) is 0 Å². The molecule has 8 fully saturated rings. The Labute approximate surface area is 272 Å². The first-order valence-corrected chi connectivity index (χ1v) is 18.3. The highest BCUT2D eigenvalue weighted by molar-refractivity contribution is 5.98. The van der Waals surface area contributed by atoms with E-state index in [1.807, 2.05) is 0 Å². The number of rotatable bonds is 14. The predicted octanol–water partition coefficient (Wildman–Crippen LogP) is 8.31. The third-order valence-electron chi connectivity index (χ3n) is 13.3. The molecule has 2 aromatic rings. The number of fused-ring (bicyclic) bond motifs is 1. The number of benzene rings is 2. The third kappa shape index (κ3) is 5.05. The van der Waals surface area contributed by atoms with Crippen LogP contribution in [0.4, 0.5) is 0 Å². The molecule has 2 aromatic carbocycles. The van der Waals surface area contributed by atoms with E-state index in [2.05, 4.69) is 24.3 Å². The lowest BCUT2D eigenvalue weighted by Crippen LogP contribution is -2.49. The van der Waals surface area contributed by atoms with Crippen molar-refractivity contribution in [2.24, 2.45) is 35.5 Å². The Balaban J connectivity index is 1.07. The Morgan fingerprint density at radius 3 is 1.50 bits per heavy atom. The van der Waals surface area contributed by atoms with E-state index in [1.165, 1.54) is 93.4 Å². The van der Waals surface area contributed by atoms with E-state index in [1.54, 1.807) is 18.1 Å². The van der Waals surface area contributed by atoms with Gasteiger partial charge in [-0.1, -0.05) is 18.2 Å². The molecule has 0 atom stereocenters. The lowest BCUT2D eigenvalue weighted by Gasteiger charge is -2.58. The first-order valence-electron chi connectivity index (χ1n) is 18.3. The van der Waals surface area contributed by atoms with Crippen LogP contribution >= 0.6 is 0 Å². The van der Waals surface area contributed by atoms with Crippen LogP contribution < -0.4 is 9.47 Å². The summed E-state index contributed by atoms with van der Waals surface area (Å²) in [5.74, 6) is 9.19. The maximum atomic E-state index is 7.09. The van der Waals surface area contributed by atoms with Gasteiger partial charge >= 0.3 is 0 Å². The number of hydrogen-bond acceptors (Lipinski definition) is 6. The van der Waals surface area contributed by atoms with Crippen molar-refractivity contribution in [3.05, 3.63) is 59.4 Å². The van der Waals surface area contributed by atoms with Gasteiger partial charge in [-0.05, 0) is 135 Å². The first-order chi connectivity index (χ1) is 22.6. The van der Waals surface area contributed by atoms with Gasteiger partial charge in [-0.3, -0.25) is 0 Å². The van der Waals surface area contributed by atoms with Gasteiger partial charge in [0.05, 0.1) is 13.2 Å². The van der Waals surface area contributed by atoms with Crippen molar-refractivity contribution in [3.63, 3.8) is 0 Å². The summed E-state index contributed by atoms with van der Waals surface area (Å²) in [6, 6.07) is 9.59. The van der Waals surface area contributed by atoms with Crippen molar-refractivity contribution >= 4 is 10.8 Å². The second-order valence-corrected chi connectivity index (χ2v) is 16.6. The molecule has 6 heteroatoms. The van der Waals surface area contributed by atoms with Crippen LogP contribution in [0.2, 0.25) is 0 Å². The summed E-state index contributed by atoms with van der Waals surface area (Å²) in [6.07, 6.45) is 20.1.